The number of rotatable bonds is 3. The van der Waals surface area contributed by atoms with E-state index in [4.69, 9.17) is 10.3 Å². The molecule has 0 saturated carbocycles. The first-order valence-corrected chi connectivity index (χ1v) is 4.30. The molecule has 2 heterocycles. The Labute approximate surface area is 81.5 Å². The molecule has 0 aliphatic heterocycles. The molecule has 0 fully saturated rings. The molecule has 0 spiro atoms. The Morgan fingerprint density at radius 1 is 1.57 bits per heavy atom. The highest BCUT2D eigenvalue weighted by molar-refractivity contribution is 5.18. The van der Waals surface area contributed by atoms with E-state index in [1.165, 1.54) is 0 Å². The van der Waals surface area contributed by atoms with E-state index in [1.807, 2.05) is 25.2 Å². The van der Waals surface area contributed by atoms with Crippen molar-refractivity contribution in [3.63, 3.8) is 0 Å². The Bertz CT molecular complexity index is 393. The molecule has 1 unspecified atom stereocenters. The third kappa shape index (κ3) is 1.43. The van der Waals surface area contributed by atoms with Gasteiger partial charge in [0.1, 0.15) is 11.8 Å². The molecule has 5 nitrogen and oxygen atoms in total. The van der Waals surface area contributed by atoms with Gasteiger partial charge in [0.05, 0.1) is 12.0 Å². The van der Waals surface area contributed by atoms with Crippen LogP contribution < -0.4 is 11.3 Å². The molecular weight excluding hydrogens is 180 g/mol. The van der Waals surface area contributed by atoms with Crippen LogP contribution in [0.25, 0.3) is 0 Å². The lowest BCUT2D eigenvalue weighted by Gasteiger charge is -2.13. The highest BCUT2D eigenvalue weighted by Crippen LogP contribution is 2.20. The first kappa shape index (κ1) is 8.98. The molecule has 0 aliphatic rings. The van der Waals surface area contributed by atoms with E-state index in [9.17, 15) is 0 Å². The summed E-state index contributed by atoms with van der Waals surface area (Å²) in [5.74, 6) is 6.25. The summed E-state index contributed by atoms with van der Waals surface area (Å²) in [6.07, 6.45) is 3.35. The molecular formula is C9H12N4O. The Hall–Kier alpha value is -1.59. The molecule has 3 N–H and O–H groups in total. The summed E-state index contributed by atoms with van der Waals surface area (Å²) in [5.41, 5.74) is 3.65. The minimum absolute atomic E-state index is 0.155. The summed E-state index contributed by atoms with van der Waals surface area (Å²) in [5, 5.41) is 4.07. The molecule has 0 aliphatic carbocycles. The van der Waals surface area contributed by atoms with Crippen LogP contribution in [0.15, 0.2) is 35.1 Å². The Kier molecular flexibility index (Phi) is 2.34. The molecule has 0 aromatic carbocycles. The van der Waals surface area contributed by atoms with Crippen LogP contribution in [-0.2, 0) is 7.05 Å². The van der Waals surface area contributed by atoms with Gasteiger partial charge in [-0.15, -0.1) is 0 Å². The summed E-state index contributed by atoms with van der Waals surface area (Å²) in [4.78, 5) is 0. The molecule has 2 aromatic rings. The summed E-state index contributed by atoms with van der Waals surface area (Å²) in [7, 11) is 1.86. The first-order valence-electron chi connectivity index (χ1n) is 4.30. The van der Waals surface area contributed by atoms with E-state index < -0.39 is 0 Å². The van der Waals surface area contributed by atoms with Crippen molar-refractivity contribution in [1.82, 2.24) is 15.2 Å². The van der Waals surface area contributed by atoms with Crippen LogP contribution in [0, 0.1) is 0 Å². The average molecular weight is 192 g/mol. The van der Waals surface area contributed by atoms with Crippen molar-refractivity contribution in [3.05, 3.63) is 42.1 Å². The van der Waals surface area contributed by atoms with E-state index in [0.29, 0.717) is 0 Å². The van der Waals surface area contributed by atoms with E-state index in [-0.39, 0.29) is 6.04 Å². The van der Waals surface area contributed by atoms with Crippen molar-refractivity contribution in [2.75, 3.05) is 0 Å². The molecule has 2 rings (SSSR count). The van der Waals surface area contributed by atoms with Gasteiger partial charge < -0.3 is 4.42 Å². The smallest absolute Gasteiger partial charge is 0.128 e. The monoisotopic (exact) mass is 192 g/mol. The largest absolute Gasteiger partial charge is 0.467 e. The lowest BCUT2D eigenvalue weighted by atomic mass is 10.1. The van der Waals surface area contributed by atoms with Crippen molar-refractivity contribution in [1.29, 1.82) is 0 Å². The SMILES string of the molecule is Cn1nccc1C(NN)c1ccco1. The average Bonchev–Trinajstić information content (AvgIpc) is 2.80. The first-order chi connectivity index (χ1) is 6.83. The fourth-order valence-electron chi connectivity index (χ4n) is 1.44. The van der Waals surface area contributed by atoms with Gasteiger partial charge in [-0.2, -0.15) is 5.10 Å². The predicted octanol–water partition coefficient (Wildman–Crippen LogP) is 0.566. The highest BCUT2D eigenvalue weighted by atomic mass is 16.3. The van der Waals surface area contributed by atoms with Gasteiger partial charge in [0.2, 0.25) is 0 Å². The Balaban J connectivity index is 2.36. The van der Waals surface area contributed by atoms with Crippen molar-refractivity contribution < 1.29 is 4.42 Å². The minimum Gasteiger partial charge on any atom is -0.467 e. The second-order valence-electron chi connectivity index (χ2n) is 2.99. The van der Waals surface area contributed by atoms with Gasteiger partial charge in [0, 0.05) is 13.2 Å². The minimum atomic E-state index is -0.155. The molecule has 2 aromatic heterocycles. The van der Waals surface area contributed by atoms with E-state index in [2.05, 4.69) is 10.5 Å². The molecule has 0 saturated heterocycles. The van der Waals surface area contributed by atoms with E-state index >= 15 is 0 Å². The number of nitrogens with two attached hydrogens (primary N) is 1. The van der Waals surface area contributed by atoms with Gasteiger partial charge in [-0.05, 0) is 18.2 Å². The second-order valence-corrected chi connectivity index (χ2v) is 2.99. The summed E-state index contributed by atoms with van der Waals surface area (Å²) >= 11 is 0. The lowest BCUT2D eigenvalue weighted by molar-refractivity contribution is 0.437. The van der Waals surface area contributed by atoms with Gasteiger partial charge >= 0.3 is 0 Å². The van der Waals surface area contributed by atoms with Crippen LogP contribution in [0.3, 0.4) is 0 Å². The number of aryl methyl sites for hydroxylation is 1. The number of nitrogens with one attached hydrogen (secondary N) is 1. The van der Waals surface area contributed by atoms with Crippen LogP contribution in [0.5, 0.6) is 0 Å². The summed E-state index contributed by atoms with van der Waals surface area (Å²) < 4.78 is 7.04. The van der Waals surface area contributed by atoms with Gasteiger partial charge in [-0.3, -0.25) is 10.5 Å². The van der Waals surface area contributed by atoms with Crippen molar-refractivity contribution in [2.24, 2.45) is 12.9 Å². The topological polar surface area (TPSA) is 69.0 Å². The van der Waals surface area contributed by atoms with Crippen LogP contribution in [-0.4, -0.2) is 9.78 Å². The van der Waals surface area contributed by atoms with Crippen LogP contribution in [0.1, 0.15) is 17.5 Å². The standard InChI is InChI=1S/C9H12N4O/c1-13-7(4-5-11-13)9(12-10)8-3-2-6-14-8/h2-6,9,12H,10H2,1H3. The fourth-order valence-corrected chi connectivity index (χ4v) is 1.44. The van der Waals surface area contributed by atoms with Crippen molar-refractivity contribution >= 4 is 0 Å². The lowest BCUT2D eigenvalue weighted by Crippen LogP contribution is -2.30. The zero-order valence-corrected chi connectivity index (χ0v) is 7.84. The molecule has 0 radical (unpaired) electrons. The number of hydrogen-bond donors (Lipinski definition) is 2. The van der Waals surface area contributed by atoms with Crippen molar-refractivity contribution in [3.8, 4) is 0 Å². The number of aromatic nitrogens is 2. The summed E-state index contributed by atoms with van der Waals surface area (Å²) in [6.45, 7) is 0. The number of hydrazine groups is 1. The summed E-state index contributed by atoms with van der Waals surface area (Å²) in [6, 6.07) is 5.44. The molecule has 74 valence electrons. The van der Waals surface area contributed by atoms with Crippen molar-refractivity contribution in [2.45, 2.75) is 6.04 Å². The normalized spacial score (nSPS) is 13.0. The molecule has 1 atom stereocenters. The van der Waals surface area contributed by atoms with Gasteiger partial charge in [-0.1, -0.05) is 0 Å². The second kappa shape index (κ2) is 3.65. The number of nitrogens with zero attached hydrogens (tertiary/aromatic N) is 2. The maximum absolute atomic E-state index is 5.47. The molecule has 5 heteroatoms. The Morgan fingerprint density at radius 3 is 2.93 bits per heavy atom. The number of hydrogen-bond acceptors (Lipinski definition) is 4. The van der Waals surface area contributed by atoms with Crippen LogP contribution in [0.2, 0.25) is 0 Å². The molecule has 0 bridgehead atoms. The third-order valence-electron chi connectivity index (χ3n) is 2.15. The molecule has 14 heavy (non-hydrogen) atoms. The van der Waals surface area contributed by atoms with Gasteiger partial charge in [0.15, 0.2) is 0 Å². The third-order valence-corrected chi connectivity index (χ3v) is 2.15. The highest BCUT2D eigenvalue weighted by Gasteiger charge is 2.17. The van der Waals surface area contributed by atoms with Gasteiger partial charge in [0.25, 0.3) is 0 Å². The number of furan rings is 1. The van der Waals surface area contributed by atoms with Gasteiger partial charge in [-0.25, -0.2) is 5.43 Å². The predicted molar refractivity (Wildman–Crippen MR) is 51.1 cm³/mol. The Morgan fingerprint density at radius 2 is 2.43 bits per heavy atom. The zero-order chi connectivity index (χ0) is 9.97. The maximum Gasteiger partial charge on any atom is 0.128 e. The van der Waals surface area contributed by atoms with E-state index in [0.717, 1.165) is 11.5 Å². The maximum atomic E-state index is 5.47. The fraction of sp³-hybridized carbons (Fsp3) is 0.222. The van der Waals surface area contributed by atoms with Crippen LogP contribution >= 0.6 is 0 Å². The quantitative estimate of drug-likeness (QED) is 0.551. The zero-order valence-electron chi connectivity index (χ0n) is 7.84. The molecule has 0 amide bonds. The van der Waals surface area contributed by atoms with E-state index in [1.54, 1.807) is 17.1 Å². The van der Waals surface area contributed by atoms with Crippen LogP contribution in [0.4, 0.5) is 0 Å².